The summed E-state index contributed by atoms with van der Waals surface area (Å²) in [6.07, 6.45) is 3.65. The molecule has 1 fully saturated rings. The Bertz CT molecular complexity index is 411. The van der Waals surface area contributed by atoms with E-state index in [1.807, 2.05) is 0 Å². The van der Waals surface area contributed by atoms with Crippen molar-refractivity contribution in [3.05, 3.63) is 27.7 Å². The Kier molecular flexibility index (Phi) is 4.68. The van der Waals surface area contributed by atoms with E-state index in [4.69, 9.17) is 4.74 Å². The minimum Gasteiger partial charge on any atom is -0.496 e. The average molecular weight is 312 g/mol. The Morgan fingerprint density at radius 1 is 1.44 bits per heavy atom. The van der Waals surface area contributed by atoms with Gasteiger partial charge in [0, 0.05) is 6.04 Å². The van der Waals surface area contributed by atoms with E-state index in [2.05, 4.69) is 47.2 Å². The third kappa shape index (κ3) is 3.07. The van der Waals surface area contributed by atoms with Crippen LogP contribution in [0.5, 0.6) is 5.75 Å². The maximum atomic E-state index is 5.47. The lowest BCUT2D eigenvalue weighted by Gasteiger charge is -2.17. The minimum absolute atomic E-state index is 0.530. The number of hydrogen-bond donors (Lipinski definition) is 1. The number of nitrogens with one attached hydrogen (secondary N) is 1. The van der Waals surface area contributed by atoms with E-state index < -0.39 is 0 Å². The van der Waals surface area contributed by atoms with Crippen molar-refractivity contribution < 1.29 is 4.74 Å². The van der Waals surface area contributed by atoms with E-state index in [0.29, 0.717) is 12.0 Å². The standard InChI is InChI=1S/C15H22BrNO/c1-10(2)11-7-12(8-13-5-4-6-17-13)15(16)14(9-11)18-3/h7,9-10,13,17H,4-6,8H2,1-3H3. The van der Waals surface area contributed by atoms with Gasteiger partial charge in [0.15, 0.2) is 0 Å². The summed E-state index contributed by atoms with van der Waals surface area (Å²) in [7, 11) is 1.74. The van der Waals surface area contributed by atoms with Gasteiger partial charge in [0.1, 0.15) is 5.75 Å². The van der Waals surface area contributed by atoms with Gasteiger partial charge in [-0.25, -0.2) is 0 Å². The number of ether oxygens (including phenoxy) is 1. The number of benzene rings is 1. The lowest BCUT2D eigenvalue weighted by Crippen LogP contribution is -2.23. The Balaban J connectivity index is 2.28. The summed E-state index contributed by atoms with van der Waals surface area (Å²) in [4.78, 5) is 0. The molecule has 2 rings (SSSR count). The van der Waals surface area contributed by atoms with E-state index in [1.54, 1.807) is 7.11 Å². The van der Waals surface area contributed by atoms with E-state index in [9.17, 15) is 0 Å². The molecule has 1 saturated heterocycles. The van der Waals surface area contributed by atoms with Crippen LogP contribution >= 0.6 is 15.9 Å². The number of hydrogen-bond acceptors (Lipinski definition) is 2. The molecule has 1 aromatic carbocycles. The van der Waals surface area contributed by atoms with Crippen molar-refractivity contribution in [2.75, 3.05) is 13.7 Å². The van der Waals surface area contributed by atoms with Crippen LogP contribution in [0.1, 0.15) is 43.7 Å². The quantitative estimate of drug-likeness (QED) is 0.911. The monoisotopic (exact) mass is 311 g/mol. The third-order valence-electron chi connectivity index (χ3n) is 3.65. The topological polar surface area (TPSA) is 21.3 Å². The molecule has 0 spiro atoms. The molecule has 0 aliphatic carbocycles. The molecule has 1 N–H and O–H groups in total. The van der Waals surface area contributed by atoms with Crippen molar-refractivity contribution in [3.63, 3.8) is 0 Å². The van der Waals surface area contributed by atoms with Gasteiger partial charge in [-0.3, -0.25) is 0 Å². The number of rotatable bonds is 4. The van der Waals surface area contributed by atoms with Gasteiger partial charge in [-0.15, -0.1) is 0 Å². The summed E-state index contributed by atoms with van der Waals surface area (Å²) in [5, 5.41) is 3.56. The predicted octanol–water partition coefficient (Wildman–Crippen LogP) is 3.88. The van der Waals surface area contributed by atoms with Crippen LogP contribution in [0.4, 0.5) is 0 Å². The van der Waals surface area contributed by atoms with E-state index >= 15 is 0 Å². The molecule has 100 valence electrons. The van der Waals surface area contributed by atoms with Crippen molar-refractivity contribution in [2.45, 2.75) is 45.1 Å². The van der Waals surface area contributed by atoms with Gasteiger partial charge in [-0.2, -0.15) is 0 Å². The number of methoxy groups -OCH3 is 1. The second-order valence-electron chi connectivity index (χ2n) is 5.35. The smallest absolute Gasteiger partial charge is 0.133 e. The fraction of sp³-hybridized carbons (Fsp3) is 0.600. The fourth-order valence-electron chi connectivity index (χ4n) is 2.51. The zero-order chi connectivity index (χ0) is 13.1. The highest BCUT2D eigenvalue weighted by Gasteiger charge is 2.18. The molecule has 0 radical (unpaired) electrons. The fourth-order valence-corrected chi connectivity index (χ4v) is 3.06. The highest BCUT2D eigenvalue weighted by Crippen LogP contribution is 2.34. The molecule has 1 heterocycles. The van der Waals surface area contributed by atoms with Crippen LogP contribution in [0.3, 0.4) is 0 Å². The molecule has 0 amide bonds. The van der Waals surface area contributed by atoms with Crippen LogP contribution in [-0.2, 0) is 6.42 Å². The molecule has 1 aliphatic heterocycles. The van der Waals surface area contributed by atoms with Gasteiger partial charge in [0.2, 0.25) is 0 Å². The molecular formula is C15H22BrNO. The van der Waals surface area contributed by atoms with Crippen LogP contribution < -0.4 is 10.1 Å². The van der Waals surface area contributed by atoms with Crippen LogP contribution in [0.25, 0.3) is 0 Å². The van der Waals surface area contributed by atoms with Gasteiger partial charge < -0.3 is 10.1 Å². The summed E-state index contributed by atoms with van der Waals surface area (Å²) in [6.45, 7) is 5.60. The van der Waals surface area contributed by atoms with Crippen molar-refractivity contribution in [1.82, 2.24) is 5.32 Å². The first-order valence-electron chi connectivity index (χ1n) is 6.71. The highest BCUT2D eigenvalue weighted by molar-refractivity contribution is 9.10. The molecule has 18 heavy (non-hydrogen) atoms. The molecule has 1 atom stereocenters. The first-order chi connectivity index (χ1) is 8.61. The Hall–Kier alpha value is -0.540. The average Bonchev–Trinajstić information content (AvgIpc) is 2.84. The summed E-state index contributed by atoms with van der Waals surface area (Å²) in [5.74, 6) is 1.48. The minimum atomic E-state index is 0.530. The van der Waals surface area contributed by atoms with E-state index in [1.165, 1.54) is 24.0 Å². The predicted molar refractivity (Wildman–Crippen MR) is 79.5 cm³/mol. The van der Waals surface area contributed by atoms with Gasteiger partial charge in [-0.1, -0.05) is 19.9 Å². The summed E-state index contributed by atoms with van der Waals surface area (Å²) in [5.41, 5.74) is 2.71. The zero-order valence-corrected chi connectivity index (χ0v) is 13.0. The Labute approximate surface area is 118 Å². The summed E-state index contributed by atoms with van der Waals surface area (Å²) >= 11 is 3.68. The Morgan fingerprint density at radius 3 is 2.78 bits per heavy atom. The Morgan fingerprint density at radius 2 is 2.22 bits per heavy atom. The van der Waals surface area contributed by atoms with Crippen LogP contribution in [0.2, 0.25) is 0 Å². The molecule has 2 nitrogen and oxygen atoms in total. The second kappa shape index (κ2) is 6.07. The molecule has 0 saturated carbocycles. The molecule has 1 unspecified atom stereocenters. The molecule has 1 aromatic rings. The van der Waals surface area contributed by atoms with Gasteiger partial charge in [0.05, 0.1) is 11.6 Å². The SMILES string of the molecule is COc1cc(C(C)C)cc(CC2CCCN2)c1Br. The second-order valence-corrected chi connectivity index (χ2v) is 6.14. The molecule has 3 heteroatoms. The van der Waals surface area contributed by atoms with Crippen LogP contribution in [0.15, 0.2) is 16.6 Å². The summed E-state index contributed by atoms with van der Waals surface area (Å²) < 4.78 is 6.59. The lowest BCUT2D eigenvalue weighted by atomic mass is 9.97. The summed E-state index contributed by atoms with van der Waals surface area (Å²) in [6, 6.07) is 5.07. The van der Waals surface area contributed by atoms with Gasteiger partial charge in [-0.05, 0) is 64.8 Å². The molecule has 0 aromatic heterocycles. The normalized spacial score (nSPS) is 19.5. The van der Waals surface area contributed by atoms with Crippen molar-refractivity contribution in [3.8, 4) is 5.75 Å². The third-order valence-corrected chi connectivity index (χ3v) is 4.55. The first-order valence-corrected chi connectivity index (χ1v) is 7.50. The first kappa shape index (κ1) is 13.9. The van der Waals surface area contributed by atoms with Crippen LogP contribution in [-0.4, -0.2) is 19.7 Å². The van der Waals surface area contributed by atoms with Crippen molar-refractivity contribution in [1.29, 1.82) is 0 Å². The van der Waals surface area contributed by atoms with E-state index in [0.717, 1.165) is 23.2 Å². The maximum Gasteiger partial charge on any atom is 0.133 e. The van der Waals surface area contributed by atoms with E-state index in [-0.39, 0.29) is 0 Å². The van der Waals surface area contributed by atoms with Gasteiger partial charge in [0.25, 0.3) is 0 Å². The molecule has 1 aliphatic rings. The van der Waals surface area contributed by atoms with Crippen molar-refractivity contribution in [2.24, 2.45) is 0 Å². The zero-order valence-electron chi connectivity index (χ0n) is 11.4. The largest absolute Gasteiger partial charge is 0.496 e. The maximum absolute atomic E-state index is 5.47. The molecular weight excluding hydrogens is 290 g/mol. The van der Waals surface area contributed by atoms with Gasteiger partial charge >= 0.3 is 0 Å². The van der Waals surface area contributed by atoms with Crippen LogP contribution in [0, 0.1) is 0 Å². The molecule has 0 bridgehead atoms. The number of halogens is 1. The van der Waals surface area contributed by atoms with Crippen molar-refractivity contribution >= 4 is 15.9 Å². The highest BCUT2D eigenvalue weighted by atomic mass is 79.9. The lowest BCUT2D eigenvalue weighted by molar-refractivity contribution is 0.410.